The van der Waals surface area contributed by atoms with Crippen molar-refractivity contribution in [1.29, 1.82) is 0 Å². The third-order valence-corrected chi connectivity index (χ3v) is 5.91. The van der Waals surface area contributed by atoms with Gasteiger partial charge in [0.25, 0.3) is 0 Å². The molecule has 0 saturated heterocycles. The largest absolute Gasteiger partial charge is 0.393 e. The van der Waals surface area contributed by atoms with Crippen molar-refractivity contribution < 1.29 is 4.79 Å². The van der Waals surface area contributed by atoms with Gasteiger partial charge in [0.05, 0.1) is 10.9 Å². The number of nitrogens with one attached hydrogen (secondary N) is 1. The second-order valence-electron chi connectivity index (χ2n) is 7.22. The molecule has 2 bridgehead atoms. The van der Waals surface area contributed by atoms with Crippen LogP contribution in [0.25, 0.3) is 0 Å². The minimum atomic E-state index is -0.325. The van der Waals surface area contributed by atoms with Crippen LogP contribution in [0, 0.1) is 22.7 Å². The molecule has 0 aromatic heterocycles. The Labute approximate surface area is 121 Å². The molecule has 1 amide bonds. The number of hydrogen-bond acceptors (Lipinski definition) is 2. The smallest absolute Gasteiger partial charge is 0.230 e. The number of carbonyl (C=O) groups is 1. The predicted molar refractivity (Wildman–Crippen MR) is 81.7 cm³/mol. The van der Waals surface area contributed by atoms with Crippen LogP contribution in [0.1, 0.15) is 53.4 Å². The van der Waals surface area contributed by atoms with Gasteiger partial charge in [-0.25, -0.2) is 0 Å². The van der Waals surface area contributed by atoms with Crippen molar-refractivity contribution in [1.82, 2.24) is 5.32 Å². The van der Waals surface area contributed by atoms with E-state index in [0.717, 1.165) is 5.92 Å². The van der Waals surface area contributed by atoms with Crippen molar-refractivity contribution in [2.24, 2.45) is 28.4 Å². The molecule has 4 atom stereocenters. The Bertz CT molecular complexity index is 402. The van der Waals surface area contributed by atoms with Gasteiger partial charge < -0.3 is 11.1 Å². The molecule has 2 saturated carbocycles. The Morgan fingerprint density at radius 3 is 2.53 bits per heavy atom. The standard InChI is InChI=1S/C15H26N2OS/c1-5-10(11(16)19)12(18)17-13-14(2,3)9-6-7-15(13,4)8-9/h9-10,13H,5-8H2,1-4H3,(H2,16,19)(H,17,18). The van der Waals surface area contributed by atoms with E-state index < -0.39 is 0 Å². The zero-order valence-corrected chi connectivity index (χ0v) is 13.3. The summed E-state index contributed by atoms with van der Waals surface area (Å²) in [5.41, 5.74) is 6.10. The molecule has 2 fully saturated rings. The van der Waals surface area contributed by atoms with Crippen LogP contribution in [0.5, 0.6) is 0 Å². The number of hydrogen-bond donors (Lipinski definition) is 2. The number of thiocarbonyl (C=S) groups is 1. The summed E-state index contributed by atoms with van der Waals surface area (Å²) in [7, 11) is 0. The van der Waals surface area contributed by atoms with Crippen LogP contribution < -0.4 is 11.1 Å². The summed E-state index contributed by atoms with van der Waals surface area (Å²) in [4.78, 5) is 12.7. The van der Waals surface area contributed by atoms with Crippen molar-refractivity contribution in [3.63, 3.8) is 0 Å². The minimum Gasteiger partial charge on any atom is -0.393 e. The van der Waals surface area contributed by atoms with E-state index in [4.69, 9.17) is 18.0 Å². The SMILES string of the molecule is CCC(C(=O)NC1C2(C)CCC(C2)C1(C)C)C(N)=S. The highest BCUT2D eigenvalue weighted by Crippen LogP contribution is 2.62. The first-order valence-electron chi connectivity index (χ1n) is 7.32. The van der Waals surface area contributed by atoms with Crippen LogP contribution in [0.3, 0.4) is 0 Å². The van der Waals surface area contributed by atoms with Crippen LogP contribution in [0.2, 0.25) is 0 Å². The fourth-order valence-corrected chi connectivity index (χ4v) is 4.69. The molecule has 19 heavy (non-hydrogen) atoms. The number of carbonyl (C=O) groups excluding carboxylic acids is 1. The summed E-state index contributed by atoms with van der Waals surface area (Å²) in [5.74, 6) is 0.420. The lowest BCUT2D eigenvalue weighted by molar-refractivity contribution is -0.125. The molecule has 0 spiro atoms. The summed E-state index contributed by atoms with van der Waals surface area (Å²) in [6.45, 7) is 8.84. The van der Waals surface area contributed by atoms with Gasteiger partial charge in [-0.05, 0) is 42.4 Å². The number of amides is 1. The molecule has 2 aliphatic carbocycles. The molecule has 0 radical (unpaired) electrons. The van der Waals surface area contributed by atoms with E-state index in [9.17, 15) is 4.79 Å². The highest BCUT2D eigenvalue weighted by atomic mass is 32.1. The van der Waals surface area contributed by atoms with Crippen LogP contribution in [-0.4, -0.2) is 16.9 Å². The Morgan fingerprint density at radius 2 is 2.11 bits per heavy atom. The third kappa shape index (κ3) is 2.28. The maximum atomic E-state index is 12.4. The quantitative estimate of drug-likeness (QED) is 0.779. The summed E-state index contributed by atoms with van der Waals surface area (Å²) < 4.78 is 0. The van der Waals surface area contributed by atoms with Crippen molar-refractivity contribution >= 4 is 23.1 Å². The van der Waals surface area contributed by atoms with Crippen LogP contribution in [-0.2, 0) is 4.79 Å². The maximum absolute atomic E-state index is 12.4. The molecular formula is C15H26N2OS. The van der Waals surface area contributed by atoms with Crippen molar-refractivity contribution in [2.45, 2.75) is 59.4 Å². The van der Waals surface area contributed by atoms with Gasteiger partial charge in [0.15, 0.2) is 0 Å². The van der Waals surface area contributed by atoms with E-state index in [1.54, 1.807) is 0 Å². The fourth-order valence-electron chi connectivity index (χ4n) is 4.42. The van der Waals surface area contributed by atoms with E-state index in [-0.39, 0.29) is 28.7 Å². The van der Waals surface area contributed by atoms with E-state index in [2.05, 4.69) is 26.1 Å². The minimum absolute atomic E-state index is 0.0156. The number of fused-ring (bicyclic) bond motifs is 2. The van der Waals surface area contributed by atoms with Crippen molar-refractivity contribution in [3.8, 4) is 0 Å². The van der Waals surface area contributed by atoms with Gasteiger partial charge in [0, 0.05) is 6.04 Å². The predicted octanol–water partition coefficient (Wildman–Crippen LogP) is 2.63. The van der Waals surface area contributed by atoms with E-state index >= 15 is 0 Å². The Morgan fingerprint density at radius 1 is 1.47 bits per heavy atom. The summed E-state index contributed by atoms with van der Waals surface area (Å²) in [6, 6.07) is 0.245. The fraction of sp³-hybridized carbons (Fsp3) is 0.867. The molecule has 0 aromatic carbocycles. The second kappa shape index (κ2) is 4.72. The van der Waals surface area contributed by atoms with Crippen LogP contribution in [0.4, 0.5) is 0 Å². The van der Waals surface area contributed by atoms with Crippen molar-refractivity contribution in [2.75, 3.05) is 0 Å². The van der Waals surface area contributed by atoms with Gasteiger partial charge >= 0.3 is 0 Å². The van der Waals surface area contributed by atoms with Gasteiger partial charge in [-0.2, -0.15) is 0 Å². The molecule has 0 heterocycles. The Balaban J connectivity index is 2.14. The molecule has 4 unspecified atom stereocenters. The lowest BCUT2D eigenvalue weighted by Crippen LogP contribution is -2.54. The molecular weight excluding hydrogens is 256 g/mol. The van der Waals surface area contributed by atoms with Gasteiger partial charge in [-0.1, -0.05) is 39.9 Å². The average Bonchev–Trinajstić information content (AvgIpc) is 2.76. The van der Waals surface area contributed by atoms with Crippen LogP contribution in [0.15, 0.2) is 0 Å². The monoisotopic (exact) mass is 282 g/mol. The molecule has 0 aliphatic heterocycles. The van der Waals surface area contributed by atoms with E-state index in [1.165, 1.54) is 19.3 Å². The Hall–Kier alpha value is -0.640. The van der Waals surface area contributed by atoms with Gasteiger partial charge in [0.1, 0.15) is 0 Å². The number of rotatable bonds is 4. The third-order valence-electron chi connectivity index (χ3n) is 5.62. The first kappa shape index (κ1) is 14.8. The maximum Gasteiger partial charge on any atom is 0.230 e. The van der Waals surface area contributed by atoms with Gasteiger partial charge in [-0.3, -0.25) is 4.79 Å². The summed E-state index contributed by atoms with van der Waals surface area (Å²) in [5, 5.41) is 3.27. The van der Waals surface area contributed by atoms with E-state index in [1.807, 2.05) is 6.92 Å². The van der Waals surface area contributed by atoms with Crippen LogP contribution >= 0.6 is 12.2 Å². The number of nitrogens with two attached hydrogens (primary N) is 1. The first-order valence-corrected chi connectivity index (χ1v) is 7.73. The first-order chi connectivity index (χ1) is 8.72. The van der Waals surface area contributed by atoms with Gasteiger partial charge in [0.2, 0.25) is 5.91 Å². The topological polar surface area (TPSA) is 55.1 Å². The molecule has 2 rings (SSSR count). The highest BCUT2D eigenvalue weighted by molar-refractivity contribution is 7.80. The zero-order valence-electron chi connectivity index (χ0n) is 12.5. The molecule has 2 aliphatic rings. The van der Waals surface area contributed by atoms with Crippen molar-refractivity contribution in [3.05, 3.63) is 0 Å². The normalized spacial score (nSPS) is 37.1. The second-order valence-corrected chi connectivity index (χ2v) is 7.69. The summed E-state index contributed by atoms with van der Waals surface area (Å²) >= 11 is 5.00. The van der Waals surface area contributed by atoms with E-state index in [0.29, 0.717) is 11.4 Å². The average molecular weight is 282 g/mol. The molecule has 0 aromatic rings. The molecule has 4 heteroatoms. The van der Waals surface area contributed by atoms with Gasteiger partial charge in [-0.15, -0.1) is 0 Å². The highest BCUT2D eigenvalue weighted by Gasteiger charge is 2.59. The lowest BCUT2D eigenvalue weighted by atomic mass is 9.68. The lowest BCUT2D eigenvalue weighted by Gasteiger charge is -2.43. The molecule has 3 nitrogen and oxygen atoms in total. The molecule has 108 valence electrons. The zero-order chi connectivity index (χ0) is 14.4. The summed E-state index contributed by atoms with van der Waals surface area (Å²) in [6.07, 6.45) is 4.42. The Kier molecular flexibility index (Phi) is 3.67. The molecule has 3 N–H and O–H groups in total.